The van der Waals surface area contributed by atoms with Crippen LogP contribution in [0.2, 0.25) is 5.02 Å². The molecule has 0 radical (unpaired) electrons. The van der Waals surface area contributed by atoms with Crippen LogP contribution in [0.4, 0.5) is 0 Å². The number of esters is 1. The lowest BCUT2D eigenvalue weighted by Crippen LogP contribution is -2.56. The molecule has 8 heteroatoms. The first kappa shape index (κ1) is 22.5. The molecule has 5 fully saturated rings. The van der Waals surface area contributed by atoms with Gasteiger partial charge in [0.15, 0.2) is 11.5 Å². The maximum absolute atomic E-state index is 13.8. The van der Waals surface area contributed by atoms with E-state index in [4.69, 9.17) is 25.8 Å². The van der Waals surface area contributed by atoms with Crippen molar-refractivity contribution in [1.29, 1.82) is 0 Å². The van der Waals surface area contributed by atoms with Gasteiger partial charge in [0.25, 0.3) is 0 Å². The van der Waals surface area contributed by atoms with E-state index < -0.39 is 18.1 Å². The molecule has 7 rings (SSSR count). The van der Waals surface area contributed by atoms with Gasteiger partial charge in [0.1, 0.15) is 12.6 Å². The van der Waals surface area contributed by atoms with Crippen molar-refractivity contribution < 1.29 is 28.9 Å². The quantitative estimate of drug-likeness (QED) is 0.649. The van der Waals surface area contributed by atoms with Crippen LogP contribution in [0.5, 0.6) is 11.5 Å². The van der Waals surface area contributed by atoms with Gasteiger partial charge in [-0.05, 0) is 74.0 Å². The highest BCUT2D eigenvalue weighted by molar-refractivity contribution is 6.32. The highest BCUT2D eigenvalue weighted by Gasteiger charge is 2.57. The zero-order valence-electron chi connectivity index (χ0n) is 19.3. The molecule has 1 unspecified atom stereocenters. The number of carbonyl (C=O) groups is 2. The summed E-state index contributed by atoms with van der Waals surface area (Å²) in [5.41, 5.74) is 0.347. The zero-order chi connectivity index (χ0) is 23.4. The maximum atomic E-state index is 13.8. The third-order valence-corrected chi connectivity index (χ3v) is 8.83. The lowest BCUT2D eigenvalue weighted by Gasteiger charge is -2.56. The predicted octanol–water partition coefficient (Wildman–Crippen LogP) is 3.72. The fraction of sp³-hybridized carbons (Fsp3) is 0.692. The molecule has 1 amide bonds. The summed E-state index contributed by atoms with van der Waals surface area (Å²) in [4.78, 5) is 28.6. The van der Waals surface area contributed by atoms with Crippen LogP contribution in [-0.4, -0.2) is 53.8 Å². The number of benzene rings is 1. The van der Waals surface area contributed by atoms with Crippen LogP contribution in [0.3, 0.4) is 0 Å². The Balaban J connectivity index is 1.15. The Kier molecular flexibility index (Phi) is 5.68. The number of rotatable bonds is 4. The molecule has 1 saturated heterocycles. The van der Waals surface area contributed by atoms with Crippen LogP contribution in [0, 0.1) is 23.2 Å². The molecule has 184 valence electrons. The van der Waals surface area contributed by atoms with Gasteiger partial charge in [0.05, 0.1) is 29.8 Å². The van der Waals surface area contributed by atoms with Crippen LogP contribution in [0.15, 0.2) is 12.1 Å². The van der Waals surface area contributed by atoms with Crippen molar-refractivity contribution in [3.63, 3.8) is 0 Å². The van der Waals surface area contributed by atoms with E-state index in [0.29, 0.717) is 53.1 Å². The van der Waals surface area contributed by atoms with Gasteiger partial charge in [-0.1, -0.05) is 11.6 Å². The van der Waals surface area contributed by atoms with Crippen LogP contribution < -0.4 is 9.47 Å². The smallest absolute Gasteiger partial charge is 0.329 e. The summed E-state index contributed by atoms with van der Waals surface area (Å²) in [7, 11) is 0. The van der Waals surface area contributed by atoms with Gasteiger partial charge in [-0.2, -0.15) is 0 Å². The van der Waals surface area contributed by atoms with E-state index in [2.05, 4.69) is 0 Å². The lowest BCUT2D eigenvalue weighted by molar-refractivity contribution is -0.166. The second-order valence-corrected chi connectivity index (χ2v) is 11.5. The number of aliphatic hydroxyl groups is 1. The van der Waals surface area contributed by atoms with Gasteiger partial charge in [0.2, 0.25) is 5.91 Å². The number of fused-ring (bicyclic) bond motifs is 1. The summed E-state index contributed by atoms with van der Waals surface area (Å²) in [6.07, 6.45) is 6.83. The average Bonchev–Trinajstić information content (AvgIpc) is 3.02. The van der Waals surface area contributed by atoms with Gasteiger partial charge in [-0.25, -0.2) is 4.79 Å². The topological polar surface area (TPSA) is 85.3 Å². The van der Waals surface area contributed by atoms with Crippen LogP contribution >= 0.6 is 11.6 Å². The zero-order valence-corrected chi connectivity index (χ0v) is 20.1. The number of β-amino-alcohol motifs (C(OH)–C–C–N with tert-alkyl or cyclic N) is 1. The first-order valence-electron chi connectivity index (χ1n) is 12.6. The van der Waals surface area contributed by atoms with Crippen molar-refractivity contribution in [1.82, 2.24) is 4.90 Å². The van der Waals surface area contributed by atoms with Crippen molar-refractivity contribution in [2.75, 3.05) is 19.8 Å². The number of aliphatic hydroxyl groups excluding tert-OH is 1. The number of likely N-dealkylation sites (tertiary alicyclic amines) is 1. The molecule has 2 atom stereocenters. The Bertz CT molecular complexity index is 960. The molecule has 0 aromatic heterocycles. The molecule has 1 aromatic rings. The molecule has 2 heterocycles. The van der Waals surface area contributed by atoms with Crippen molar-refractivity contribution >= 4 is 23.5 Å². The van der Waals surface area contributed by atoms with E-state index in [0.717, 1.165) is 25.7 Å². The molecule has 2 aliphatic heterocycles. The van der Waals surface area contributed by atoms with E-state index in [9.17, 15) is 14.7 Å². The summed E-state index contributed by atoms with van der Waals surface area (Å²) < 4.78 is 17.0. The number of hydrogen-bond acceptors (Lipinski definition) is 6. The molecule has 1 N–H and O–H groups in total. The summed E-state index contributed by atoms with van der Waals surface area (Å²) in [5, 5.41) is 10.8. The predicted molar refractivity (Wildman–Crippen MR) is 124 cm³/mol. The first-order chi connectivity index (χ1) is 16.4. The Morgan fingerprint density at radius 1 is 1.06 bits per heavy atom. The van der Waals surface area contributed by atoms with E-state index in [-0.39, 0.29) is 30.9 Å². The lowest BCUT2D eigenvalue weighted by atomic mass is 9.49. The minimum Gasteiger partial charge on any atom is -0.489 e. The average molecular weight is 490 g/mol. The number of ether oxygens (including phenoxy) is 3. The molecule has 7 nitrogen and oxygen atoms in total. The standard InChI is InChI=1S/C26H32ClNO6/c27-20-7-18(8-22-23(20)33-3-1-2-32-22)14-34-24(30)21-9-19(29)13-28(21)25(31)26-10-15-4-16(11-26)6-17(5-15)12-26/h7-8,15-17,19,21,29H,1-6,9-14H2/t15?,16?,17?,19?,21-,26?/m0/s1. The van der Waals surface area contributed by atoms with Gasteiger partial charge in [-0.15, -0.1) is 0 Å². The third-order valence-electron chi connectivity index (χ3n) is 8.55. The third kappa shape index (κ3) is 3.95. The van der Waals surface area contributed by atoms with E-state index >= 15 is 0 Å². The highest BCUT2D eigenvalue weighted by atomic mass is 35.5. The van der Waals surface area contributed by atoms with Crippen molar-refractivity contribution in [2.45, 2.75) is 70.1 Å². The Hall–Kier alpha value is -1.99. The minimum absolute atomic E-state index is 0.0151. The molecule has 1 aromatic carbocycles. The first-order valence-corrected chi connectivity index (χ1v) is 13.0. The van der Waals surface area contributed by atoms with Gasteiger partial charge in [-0.3, -0.25) is 4.79 Å². The minimum atomic E-state index is -0.744. The Morgan fingerprint density at radius 2 is 1.74 bits per heavy atom. The fourth-order valence-corrected chi connectivity index (χ4v) is 7.84. The molecular formula is C26H32ClNO6. The van der Waals surface area contributed by atoms with Gasteiger partial charge < -0.3 is 24.2 Å². The maximum Gasteiger partial charge on any atom is 0.329 e. The largest absolute Gasteiger partial charge is 0.489 e. The molecule has 34 heavy (non-hydrogen) atoms. The number of amides is 1. The molecule has 0 spiro atoms. The van der Waals surface area contributed by atoms with Crippen LogP contribution in [-0.2, 0) is 20.9 Å². The number of halogens is 1. The van der Waals surface area contributed by atoms with Gasteiger partial charge in [0, 0.05) is 19.4 Å². The van der Waals surface area contributed by atoms with Crippen molar-refractivity contribution in [2.24, 2.45) is 23.2 Å². The molecule has 4 aliphatic carbocycles. The SMILES string of the molecule is O=C(OCc1cc(Cl)c2c(c1)OCCCO2)[C@@H]1CC(O)CN1C(=O)C12CC3CC(CC(C3)C1)C2. The normalized spacial score (nSPS) is 35.8. The highest BCUT2D eigenvalue weighted by Crippen LogP contribution is 2.60. The monoisotopic (exact) mass is 489 g/mol. The molecule has 6 aliphatic rings. The molecule has 4 bridgehead atoms. The van der Waals surface area contributed by atoms with Crippen molar-refractivity contribution in [3.05, 3.63) is 22.7 Å². The fourth-order valence-electron chi connectivity index (χ4n) is 7.56. The van der Waals surface area contributed by atoms with E-state index in [1.165, 1.54) is 19.3 Å². The van der Waals surface area contributed by atoms with Crippen LogP contribution in [0.25, 0.3) is 0 Å². The summed E-state index contributed by atoms with van der Waals surface area (Å²) in [5.74, 6) is 2.56. The second-order valence-electron chi connectivity index (χ2n) is 11.1. The Labute approximate surface area is 204 Å². The summed E-state index contributed by atoms with van der Waals surface area (Å²) in [6.45, 7) is 1.30. The molecule has 4 saturated carbocycles. The number of nitrogens with zero attached hydrogens (tertiary/aromatic N) is 1. The number of hydrogen-bond donors (Lipinski definition) is 1. The summed E-state index contributed by atoms with van der Waals surface area (Å²) in [6, 6.07) is 2.75. The summed E-state index contributed by atoms with van der Waals surface area (Å²) >= 11 is 6.36. The second kappa shape index (κ2) is 8.59. The van der Waals surface area contributed by atoms with Crippen LogP contribution in [0.1, 0.15) is 56.9 Å². The van der Waals surface area contributed by atoms with E-state index in [1.807, 2.05) is 0 Å². The van der Waals surface area contributed by atoms with Crippen molar-refractivity contribution in [3.8, 4) is 11.5 Å². The van der Waals surface area contributed by atoms with E-state index in [1.54, 1.807) is 17.0 Å². The Morgan fingerprint density at radius 3 is 2.44 bits per heavy atom. The van der Waals surface area contributed by atoms with Gasteiger partial charge >= 0.3 is 5.97 Å². The molecular weight excluding hydrogens is 458 g/mol. The number of carbonyl (C=O) groups excluding carboxylic acids is 2.